The van der Waals surface area contributed by atoms with Crippen molar-refractivity contribution in [2.45, 2.75) is 38.6 Å². The number of aromatic amines is 1. The molecule has 1 atom stereocenters. The molecule has 106 valence electrons. The SMILES string of the molecule is CCC(=O)N1CCCCC1c1cc(=O)n2[nH]ccc2n1. The number of nitrogens with one attached hydrogen (secondary N) is 1. The second kappa shape index (κ2) is 5.11. The molecule has 0 spiro atoms. The van der Waals surface area contributed by atoms with Crippen LogP contribution < -0.4 is 5.56 Å². The van der Waals surface area contributed by atoms with Crippen LogP contribution in [0.1, 0.15) is 44.3 Å². The molecule has 6 nitrogen and oxygen atoms in total. The minimum Gasteiger partial charge on any atom is -0.334 e. The molecular formula is C14H18N4O2. The van der Waals surface area contributed by atoms with Gasteiger partial charge in [0, 0.05) is 31.3 Å². The first-order valence-electron chi connectivity index (χ1n) is 7.07. The molecule has 0 aromatic carbocycles. The van der Waals surface area contributed by atoms with E-state index in [4.69, 9.17) is 0 Å². The van der Waals surface area contributed by atoms with Gasteiger partial charge in [0.05, 0.1) is 11.7 Å². The first-order valence-corrected chi connectivity index (χ1v) is 7.07. The molecule has 3 heterocycles. The van der Waals surface area contributed by atoms with Crippen molar-refractivity contribution in [3.8, 4) is 0 Å². The fraction of sp³-hybridized carbons (Fsp3) is 0.500. The van der Waals surface area contributed by atoms with Crippen molar-refractivity contribution in [3.63, 3.8) is 0 Å². The highest BCUT2D eigenvalue weighted by atomic mass is 16.2. The molecule has 1 aliphatic rings. The Kier molecular flexibility index (Phi) is 3.30. The van der Waals surface area contributed by atoms with Crippen LogP contribution in [-0.2, 0) is 4.79 Å². The highest BCUT2D eigenvalue weighted by Gasteiger charge is 2.28. The Labute approximate surface area is 116 Å². The number of hydrogen-bond donors (Lipinski definition) is 1. The lowest BCUT2D eigenvalue weighted by atomic mass is 9.98. The highest BCUT2D eigenvalue weighted by molar-refractivity contribution is 5.76. The predicted octanol–water partition coefficient (Wildman–Crippen LogP) is 1.49. The lowest BCUT2D eigenvalue weighted by Crippen LogP contribution is -2.39. The van der Waals surface area contributed by atoms with Crippen molar-refractivity contribution in [3.05, 3.63) is 34.4 Å². The van der Waals surface area contributed by atoms with Gasteiger partial charge in [-0.15, -0.1) is 0 Å². The maximum Gasteiger partial charge on any atom is 0.272 e. The maximum absolute atomic E-state index is 12.1. The highest BCUT2D eigenvalue weighted by Crippen LogP contribution is 2.29. The molecule has 1 fully saturated rings. The second-order valence-electron chi connectivity index (χ2n) is 5.13. The molecular weight excluding hydrogens is 256 g/mol. The van der Waals surface area contributed by atoms with Gasteiger partial charge in [-0.05, 0) is 19.3 Å². The van der Waals surface area contributed by atoms with Crippen LogP contribution in [0.5, 0.6) is 0 Å². The van der Waals surface area contributed by atoms with Crippen LogP contribution in [0, 0.1) is 0 Å². The summed E-state index contributed by atoms with van der Waals surface area (Å²) in [6, 6.07) is 3.23. The van der Waals surface area contributed by atoms with Crippen LogP contribution in [0.3, 0.4) is 0 Å². The third-order valence-corrected chi connectivity index (χ3v) is 3.87. The first kappa shape index (κ1) is 12.9. The van der Waals surface area contributed by atoms with E-state index >= 15 is 0 Å². The summed E-state index contributed by atoms with van der Waals surface area (Å²) in [5.41, 5.74) is 1.17. The van der Waals surface area contributed by atoms with E-state index in [1.807, 2.05) is 11.8 Å². The minimum absolute atomic E-state index is 0.0659. The van der Waals surface area contributed by atoms with Gasteiger partial charge in [-0.2, -0.15) is 0 Å². The molecule has 3 rings (SSSR count). The molecule has 0 saturated carbocycles. The molecule has 1 unspecified atom stereocenters. The van der Waals surface area contributed by atoms with E-state index < -0.39 is 0 Å². The number of fused-ring (bicyclic) bond motifs is 1. The summed E-state index contributed by atoms with van der Waals surface area (Å²) in [4.78, 5) is 30.5. The van der Waals surface area contributed by atoms with Gasteiger partial charge in [-0.1, -0.05) is 6.92 Å². The fourth-order valence-corrected chi connectivity index (χ4v) is 2.86. The van der Waals surface area contributed by atoms with E-state index in [1.54, 1.807) is 12.3 Å². The lowest BCUT2D eigenvalue weighted by Gasteiger charge is -2.35. The number of amides is 1. The van der Waals surface area contributed by atoms with Gasteiger partial charge in [0.25, 0.3) is 5.56 Å². The van der Waals surface area contributed by atoms with E-state index in [0.717, 1.165) is 25.8 Å². The molecule has 20 heavy (non-hydrogen) atoms. The monoisotopic (exact) mass is 274 g/mol. The zero-order chi connectivity index (χ0) is 14.1. The zero-order valence-electron chi connectivity index (χ0n) is 11.5. The lowest BCUT2D eigenvalue weighted by molar-refractivity contribution is -0.134. The minimum atomic E-state index is -0.135. The number of likely N-dealkylation sites (tertiary alicyclic amines) is 1. The summed E-state index contributed by atoms with van der Waals surface area (Å²) in [7, 11) is 0. The van der Waals surface area contributed by atoms with Gasteiger partial charge in [0.15, 0.2) is 5.65 Å². The van der Waals surface area contributed by atoms with E-state index in [0.29, 0.717) is 17.8 Å². The van der Waals surface area contributed by atoms with Crippen LogP contribution in [-0.4, -0.2) is 31.9 Å². The predicted molar refractivity (Wildman–Crippen MR) is 74.4 cm³/mol. The molecule has 2 aromatic heterocycles. The molecule has 1 aliphatic heterocycles. The Morgan fingerprint density at radius 3 is 3.15 bits per heavy atom. The molecule has 0 aliphatic carbocycles. The van der Waals surface area contributed by atoms with Crippen molar-refractivity contribution in [1.82, 2.24) is 19.5 Å². The summed E-state index contributed by atoms with van der Waals surface area (Å²) in [5, 5.41) is 2.82. The van der Waals surface area contributed by atoms with Crippen LogP contribution >= 0.6 is 0 Å². The normalized spacial score (nSPS) is 19.4. The summed E-state index contributed by atoms with van der Waals surface area (Å²) in [6.45, 7) is 2.62. The second-order valence-corrected chi connectivity index (χ2v) is 5.13. The number of carbonyl (C=O) groups is 1. The van der Waals surface area contributed by atoms with Gasteiger partial charge >= 0.3 is 0 Å². The Morgan fingerprint density at radius 2 is 2.35 bits per heavy atom. The third-order valence-electron chi connectivity index (χ3n) is 3.87. The van der Waals surface area contributed by atoms with E-state index in [9.17, 15) is 9.59 Å². The number of H-pyrrole nitrogens is 1. The van der Waals surface area contributed by atoms with Crippen molar-refractivity contribution in [1.29, 1.82) is 0 Å². The van der Waals surface area contributed by atoms with Crippen molar-refractivity contribution in [2.75, 3.05) is 6.54 Å². The molecule has 1 amide bonds. The standard InChI is InChI=1S/C14H18N4O2/c1-2-13(19)17-8-4-3-5-11(17)10-9-14(20)18-12(16-10)6-7-15-18/h6-7,9,11,15H,2-5,8H2,1H3. The van der Waals surface area contributed by atoms with Gasteiger partial charge in [0.2, 0.25) is 5.91 Å². The molecule has 6 heteroatoms. The number of hydrogen-bond acceptors (Lipinski definition) is 3. The number of aromatic nitrogens is 3. The first-order chi connectivity index (χ1) is 9.70. The molecule has 1 saturated heterocycles. The Bertz CT molecular complexity index is 688. The average molecular weight is 274 g/mol. The summed E-state index contributed by atoms with van der Waals surface area (Å²) in [6.07, 6.45) is 5.13. The average Bonchev–Trinajstić information content (AvgIpc) is 2.95. The van der Waals surface area contributed by atoms with Crippen molar-refractivity contribution >= 4 is 11.6 Å². The molecule has 0 radical (unpaired) electrons. The van der Waals surface area contributed by atoms with Gasteiger partial charge in [-0.3, -0.25) is 14.7 Å². The van der Waals surface area contributed by atoms with Gasteiger partial charge < -0.3 is 4.90 Å². The largest absolute Gasteiger partial charge is 0.334 e. The third kappa shape index (κ3) is 2.11. The number of nitrogens with zero attached hydrogens (tertiary/aromatic N) is 3. The molecule has 2 aromatic rings. The van der Waals surface area contributed by atoms with Crippen molar-refractivity contribution < 1.29 is 4.79 Å². The van der Waals surface area contributed by atoms with Gasteiger partial charge in [0.1, 0.15) is 0 Å². The van der Waals surface area contributed by atoms with E-state index in [2.05, 4.69) is 10.1 Å². The number of carbonyl (C=O) groups excluding carboxylic acids is 1. The van der Waals surface area contributed by atoms with Gasteiger partial charge in [-0.25, -0.2) is 9.50 Å². The van der Waals surface area contributed by atoms with E-state index in [1.165, 1.54) is 10.6 Å². The Hall–Kier alpha value is -2.11. The van der Waals surface area contributed by atoms with Crippen molar-refractivity contribution in [2.24, 2.45) is 0 Å². The summed E-state index contributed by atoms with van der Waals surface area (Å²) >= 11 is 0. The topological polar surface area (TPSA) is 70.5 Å². The quantitative estimate of drug-likeness (QED) is 0.901. The molecule has 1 N–H and O–H groups in total. The van der Waals surface area contributed by atoms with Crippen LogP contribution in [0.25, 0.3) is 5.65 Å². The summed E-state index contributed by atoms with van der Waals surface area (Å²) < 4.78 is 1.40. The number of piperidine rings is 1. The summed E-state index contributed by atoms with van der Waals surface area (Å²) in [5.74, 6) is 0.130. The maximum atomic E-state index is 12.1. The number of rotatable bonds is 2. The molecule has 0 bridgehead atoms. The van der Waals surface area contributed by atoms with Crippen LogP contribution in [0.15, 0.2) is 23.1 Å². The zero-order valence-corrected chi connectivity index (χ0v) is 11.5. The Morgan fingerprint density at radius 1 is 1.50 bits per heavy atom. The fourth-order valence-electron chi connectivity index (χ4n) is 2.86. The van der Waals surface area contributed by atoms with E-state index in [-0.39, 0.29) is 17.5 Å². The van der Waals surface area contributed by atoms with Crippen LogP contribution in [0.2, 0.25) is 0 Å². The Balaban J connectivity index is 2.03. The smallest absolute Gasteiger partial charge is 0.272 e. The van der Waals surface area contributed by atoms with Crippen LogP contribution in [0.4, 0.5) is 0 Å².